The quantitative estimate of drug-likeness (QED) is 0.788. The van der Waals surface area contributed by atoms with E-state index in [1.807, 2.05) is 19.9 Å². The van der Waals surface area contributed by atoms with Crippen LogP contribution in [0.15, 0.2) is 18.2 Å². The maximum Gasteiger partial charge on any atom is 0.428 e. The molecule has 0 fully saturated rings. The van der Waals surface area contributed by atoms with Crippen LogP contribution in [-0.4, -0.2) is 27.3 Å². The lowest BCUT2D eigenvalue weighted by atomic mass is 10.0. The van der Waals surface area contributed by atoms with Gasteiger partial charge in [0.2, 0.25) is 10.2 Å². The van der Waals surface area contributed by atoms with Crippen LogP contribution in [0.1, 0.15) is 19.4 Å². The van der Waals surface area contributed by atoms with Gasteiger partial charge in [0.05, 0.1) is 0 Å². The highest BCUT2D eigenvalue weighted by Crippen LogP contribution is 2.41. The molecule has 0 spiro atoms. The maximum absolute atomic E-state index is 11.7. The SMILES string of the molecule is CN(C(=O)Oc1cccc2c1OC(C)(C)C2)S(=O)Cl. The molecule has 0 aromatic heterocycles. The van der Waals surface area contributed by atoms with E-state index in [9.17, 15) is 9.00 Å². The van der Waals surface area contributed by atoms with E-state index >= 15 is 0 Å². The summed E-state index contributed by atoms with van der Waals surface area (Å²) in [5.41, 5.74) is 0.649. The van der Waals surface area contributed by atoms with Crippen molar-refractivity contribution in [1.29, 1.82) is 0 Å². The molecule has 1 heterocycles. The van der Waals surface area contributed by atoms with E-state index in [1.165, 1.54) is 7.05 Å². The van der Waals surface area contributed by atoms with Gasteiger partial charge in [-0.05, 0) is 19.9 Å². The van der Waals surface area contributed by atoms with Gasteiger partial charge in [0.15, 0.2) is 11.5 Å². The number of benzene rings is 1. The molecule has 0 radical (unpaired) electrons. The van der Waals surface area contributed by atoms with Gasteiger partial charge in [-0.1, -0.05) is 12.1 Å². The van der Waals surface area contributed by atoms with Crippen LogP contribution < -0.4 is 9.47 Å². The van der Waals surface area contributed by atoms with Crippen LogP contribution in [0.2, 0.25) is 0 Å². The molecule has 1 aliphatic rings. The van der Waals surface area contributed by atoms with Crippen molar-refractivity contribution in [3.05, 3.63) is 23.8 Å². The molecule has 1 atom stereocenters. The first-order chi connectivity index (χ1) is 8.80. The lowest BCUT2D eigenvalue weighted by molar-refractivity contribution is 0.131. The van der Waals surface area contributed by atoms with Crippen LogP contribution in [0.25, 0.3) is 0 Å². The zero-order chi connectivity index (χ0) is 14.2. The van der Waals surface area contributed by atoms with Gasteiger partial charge in [-0.2, -0.15) is 0 Å². The summed E-state index contributed by atoms with van der Waals surface area (Å²) in [4.78, 5) is 11.7. The van der Waals surface area contributed by atoms with E-state index in [0.29, 0.717) is 11.5 Å². The third-order valence-corrected chi connectivity index (χ3v) is 3.93. The van der Waals surface area contributed by atoms with Gasteiger partial charge < -0.3 is 9.47 Å². The number of rotatable bonds is 2. The molecule has 0 N–H and O–H groups in total. The van der Waals surface area contributed by atoms with Gasteiger partial charge >= 0.3 is 6.09 Å². The van der Waals surface area contributed by atoms with E-state index in [0.717, 1.165) is 16.3 Å². The zero-order valence-electron chi connectivity index (χ0n) is 10.8. The topological polar surface area (TPSA) is 55.8 Å². The molecule has 19 heavy (non-hydrogen) atoms. The molecule has 1 aromatic rings. The molecule has 1 aliphatic heterocycles. The Kier molecular flexibility index (Phi) is 3.73. The van der Waals surface area contributed by atoms with Crippen molar-refractivity contribution < 1.29 is 18.5 Å². The van der Waals surface area contributed by atoms with Crippen molar-refractivity contribution in [2.45, 2.75) is 25.9 Å². The number of nitrogens with zero attached hydrogens (tertiary/aromatic N) is 1. The number of amides is 1. The Morgan fingerprint density at radius 2 is 2.21 bits per heavy atom. The molecule has 0 saturated carbocycles. The Labute approximate surface area is 118 Å². The van der Waals surface area contributed by atoms with Crippen molar-refractivity contribution in [3.8, 4) is 11.5 Å². The van der Waals surface area contributed by atoms with Crippen molar-refractivity contribution in [2.24, 2.45) is 0 Å². The summed E-state index contributed by atoms with van der Waals surface area (Å²) in [6.45, 7) is 3.91. The second-order valence-corrected chi connectivity index (χ2v) is 6.61. The number of para-hydroxylation sites is 1. The van der Waals surface area contributed by atoms with Crippen molar-refractivity contribution in [1.82, 2.24) is 4.31 Å². The number of ether oxygens (including phenoxy) is 2. The highest BCUT2D eigenvalue weighted by atomic mass is 35.7. The zero-order valence-corrected chi connectivity index (χ0v) is 12.4. The standard InChI is InChI=1S/C12H14ClNO4S/c1-12(2)7-8-5-4-6-9(10(8)18-12)17-11(15)14(3)19(13)16/h4-6H,7H2,1-3H3. The minimum absolute atomic E-state index is 0.307. The third-order valence-electron chi connectivity index (χ3n) is 2.72. The van der Waals surface area contributed by atoms with Crippen LogP contribution >= 0.6 is 10.7 Å². The number of carbonyl (C=O) groups is 1. The predicted octanol–water partition coefficient (Wildman–Crippen LogP) is 2.65. The molecular weight excluding hydrogens is 290 g/mol. The molecule has 0 saturated heterocycles. The van der Waals surface area contributed by atoms with Crippen molar-refractivity contribution in [3.63, 3.8) is 0 Å². The highest BCUT2D eigenvalue weighted by Gasteiger charge is 2.33. The van der Waals surface area contributed by atoms with Gasteiger partial charge in [0.1, 0.15) is 5.60 Å². The molecule has 7 heteroatoms. The number of hydrogen-bond donors (Lipinski definition) is 0. The molecule has 1 unspecified atom stereocenters. The first-order valence-electron chi connectivity index (χ1n) is 5.65. The highest BCUT2D eigenvalue weighted by molar-refractivity contribution is 8.06. The second kappa shape index (κ2) is 5.02. The number of fused-ring (bicyclic) bond motifs is 1. The fourth-order valence-electron chi connectivity index (χ4n) is 1.88. The van der Waals surface area contributed by atoms with Gasteiger partial charge in [0.25, 0.3) is 0 Å². The average Bonchev–Trinajstić information content (AvgIpc) is 2.63. The summed E-state index contributed by atoms with van der Waals surface area (Å²) in [6.07, 6.45) is -0.0552. The normalized spacial score (nSPS) is 17.3. The Balaban J connectivity index is 2.23. The fourth-order valence-corrected chi connectivity index (χ4v) is 2.21. The molecular formula is C12H14ClNO4S. The molecule has 0 bridgehead atoms. The van der Waals surface area contributed by atoms with Crippen LogP contribution in [0.4, 0.5) is 4.79 Å². The van der Waals surface area contributed by atoms with E-state index in [1.54, 1.807) is 12.1 Å². The summed E-state index contributed by atoms with van der Waals surface area (Å²) in [7, 11) is 4.67. The predicted molar refractivity (Wildman–Crippen MR) is 72.6 cm³/mol. The Bertz CT molecular complexity index is 547. The average molecular weight is 304 g/mol. The Hall–Kier alpha value is -1.27. The molecule has 1 aromatic carbocycles. The van der Waals surface area contributed by atoms with E-state index in [2.05, 4.69) is 0 Å². The molecule has 104 valence electrons. The summed E-state index contributed by atoms with van der Waals surface area (Å²) < 4.78 is 22.7. The fraction of sp³-hybridized carbons (Fsp3) is 0.417. The monoisotopic (exact) mass is 303 g/mol. The largest absolute Gasteiger partial charge is 0.483 e. The molecule has 5 nitrogen and oxygen atoms in total. The Morgan fingerprint density at radius 1 is 1.53 bits per heavy atom. The second-order valence-electron chi connectivity index (χ2n) is 4.85. The molecule has 0 aliphatic carbocycles. The van der Waals surface area contributed by atoms with Gasteiger partial charge in [-0.25, -0.2) is 13.3 Å². The van der Waals surface area contributed by atoms with Crippen LogP contribution in [0.5, 0.6) is 11.5 Å². The van der Waals surface area contributed by atoms with Crippen LogP contribution in [0, 0.1) is 0 Å². The van der Waals surface area contributed by atoms with Crippen LogP contribution in [0.3, 0.4) is 0 Å². The van der Waals surface area contributed by atoms with E-state index < -0.39 is 16.3 Å². The number of hydrogen-bond acceptors (Lipinski definition) is 4. The molecule has 1 amide bonds. The lowest BCUT2D eigenvalue weighted by Gasteiger charge is -2.18. The minimum atomic E-state index is -1.94. The summed E-state index contributed by atoms with van der Waals surface area (Å²) in [5, 5.41) is 0. The summed E-state index contributed by atoms with van der Waals surface area (Å²) >= 11 is 0. The summed E-state index contributed by atoms with van der Waals surface area (Å²) in [5.74, 6) is 0.858. The van der Waals surface area contributed by atoms with Crippen molar-refractivity contribution >= 4 is 27.0 Å². The summed E-state index contributed by atoms with van der Waals surface area (Å²) in [6, 6.07) is 5.33. The number of halogens is 1. The van der Waals surface area contributed by atoms with Gasteiger partial charge in [-0.3, -0.25) is 0 Å². The van der Waals surface area contributed by atoms with Gasteiger partial charge in [-0.15, -0.1) is 0 Å². The van der Waals surface area contributed by atoms with Gasteiger partial charge in [0, 0.05) is 29.7 Å². The third kappa shape index (κ3) is 3.01. The van der Waals surface area contributed by atoms with E-state index in [-0.39, 0.29) is 5.60 Å². The maximum atomic E-state index is 11.7. The smallest absolute Gasteiger partial charge is 0.428 e. The molecule has 2 rings (SSSR count). The first kappa shape index (κ1) is 14.1. The lowest BCUT2D eigenvalue weighted by Crippen LogP contribution is -2.29. The van der Waals surface area contributed by atoms with Crippen molar-refractivity contribution in [2.75, 3.05) is 7.05 Å². The minimum Gasteiger partial charge on any atom is -0.483 e. The van der Waals surface area contributed by atoms with E-state index in [4.69, 9.17) is 20.2 Å². The first-order valence-corrected chi connectivity index (χ1v) is 7.58. The Morgan fingerprint density at radius 3 is 2.84 bits per heavy atom. The van der Waals surface area contributed by atoms with Crippen LogP contribution in [-0.2, 0) is 16.6 Å². The number of carbonyl (C=O) groups excluding carboxylic acids is 1.